The summed E-state index contributed by atoms with van der Waals surface area (Å²) in [5.41, 5.74) is 2.88. The molecule has 0 saturated carbocycles. The molecule has 1 amide bonds. The number of hydrogen-bond acceptors (Lipinski definition) is 3. The normalized spacial score (nSPS) is 10.7. The molecule has 0 bridgehead atoms. The molecule has 26 heavy (non-hydrogen) atoms. The Morgan fingerprint density at radius 2 is 1.65 bits per heavy atom. The smallest absolute Gasteiger partial charge is 0.254 e. The summed E-state index contributed by atoms with van der Waals surface area (Å²) in [5.74, 6) is 1.58. The topological polar surface area (TPSA) is 42.7 Å². The van der Waals surface area contributed by atoms with Gasteiger partial charge < -0.3 is 14.1 Å². The Bertz CT molecular complexity index is 837. The number of ether oxygens (including phenoxy) is 1. The van der Waals surface area contributed by atoms with Crippen molar-refractivity contribution in [2.75, 3.05) is 20.3 Å². The monoisotopic (exact) mass is 349 g/mol. The Labute approximate surface area is 154 Å². The molecule has 0 aliphatic heterocycles. The minimum Gasteiger partial charge on any atom is -0.464 e. The Balaban J connectivity index is 1.77. The molecule has 134 valence electrons. The molecule has 0 radical (unpaired) electrons. The first-order valence-electron chi connectivity index (χ1n) is 8.66. The highest BCUT2D eigenvalue weighted by Crippen LogP contribution is 2.20. The molecule has 1 aromatic heterocycles. The van der Waals surface area contributed by atoms with E-state index in [1.807, 2.05) is 61.5 Å². The maximum absolute atomic E-state index is 12.9. The van der Waals surface area contributed by atoms with E-state index in [4.69, 9.17) is 9.15 Å². The Hall–Kier alpha value is -2.85. The van der Waals surface area contributed by atoms with Crippen LogP contribution in [-0.2, 0) is 11.3 Å². The van der Waals surface area contributed by atoms with Gasteiger partial charge in [0.1, 0.15) is 11.5 Å². The van der Waals surface area contributed by atoms with Gasteiger partial charge in [-0.05, 0) is 42.3 Å². The van der Waals surface area contributed by atoms with Crippen molar-refractivity contribution in [3.05, 3.63) is 83.8 Å². The van der Waals surface area contributed by atoms with Gasteiger partial charge in [0, 0.05) is 19.2 Å². The van der Waals surface area contributed by atoms with E-state index < -0.39 is 0 Å². The number of benzene rings is 2. The van der Waals surface area contributed by atoms with Crippen LogP contribution in [0.3, 0.4) is 0 Å². The van der Waals surface area contributed by atoms with E-state index in [9.17, 15) is 4.79 Å². The Morgan fingerprint density at radius 1 is 0.962 bits per heavy atom. The molecule has 3 aromatic rings. The van der Waals surface area contributed by atoms with Crippen LogP contribution < -0.4 is 0 Å². The predicted molar refractivity (Wildman–Crippen MR) is 102 cm³/mol. The van der Waals surface area contributed by atoms with Crippen LogP contribution in [0.15, 0.2) is 71.1 Å². The van der Waals surface area contributed by atoms with Crippen molar-refractivity contribution in [2.45, 2.75) is 13.5 Å². The van der Waals surface area contributed by atoms with Crippen molar-refractivity contribution in [3.8, 4) is 11.1 Å². The van der Waals surface area contributed by atoms with Crippen LogP contribution in [0.2, 0.25) is 0 Å². The first-order valence-corrected chi connectivity index (χ1v) is 8.66. The molecular weight excluding hydrogens is 326 g/mol. The zero-order chi connectivity index (χ0) is 18.4. The molecule has 0 spiro atoms. The molecule has 0 aliphatic rings. The number of carbonyl (C=O) groups excluding carboxylic acids is 1. The summed E-state index contributed by atoms with van der Waals surface area (Å²) in [6.07, 6.45) is 0. The van der Waals surface area contributed by atoms with Crippen LogP contribution in [0.25, 0.3) is 11.1 Å². The van der Waals surface area contributed by atoms with Crippen molar-refractivity contribution in [3.63, 3.8) is 0 Å². The van der Waals surface area contributed by atoms with Crippen LogP contribution in [0.5, 0.6) is 0 Å². The number of nitrogens with zero attached hydrogens (tertiary/aromatic N) is 1. The molecule has 1 heterocycles. The minimum absolute atomic E-state index is 0.0317. The lowest BCUT2D eigenvalue weighted by Gasteiger charge is -2.21. The molecular formula is C22H23NO3. The fourth-order valence-corrected chi connectivity index (χ4v) is 2.83. The van der Waals surface area contributed by atoms with Crippen molar-refractivity contribution >= 4 is 5.91 Å². The van der Waals surface area contributed by atoms with E-state index in [2.05, 4.69) is 12.1 Å². The number of methoxy groups -OCH3 is 1. The number of aryl methyl sites for hydroxylation is 1. The average Bonchev–Trinajstić information content (AvgIpc) is 3.10. The fraction of sp³-hybridized carbons (Fsp3) is 0.227. The summed E-state index contributed by atoms with van der Waals surface area (Å²) in [5, 5.41) is 0. The molecule has 0 N–H and O–H groups in total. The van der Waals surface area contributed by atoms with Crippen LogP contribution in [0.1, 0.15) is 21.9 Å². The second-order valence-corrected chi connectivity index (χ2v) is 6.18. The van der Waals surface area contributed by atoms with Gasteiger partial charge in [-0.25, -0.2) is 0 Å². The van der Waals surface area contributed by atoms with Gasteiger partial charge in [0.05, 0.1) is 13.2 Å². The highest BCUT2D eigenvalue weighted by atomic mass is 16.5. The molecule has 3 rings (SSSR count). The number of hydrogen-bond donors (Lipinski definition) is 0. The van der Waals surface area contributed by atoms with Crippen LogP contribution in [0, 0.1) is 6.92 Å². The van der Waals surface area contributed by atoms with Gasteiger partial charge in [0.2, 0.25) is 0 Å². The molecule has 0 aliphatic carbocycles. The van der Waals surface area contributed by atoms with E-state index >= 15 is 0 Å². The second-order valence-electron chi connectivity index (χ2n) is 6.18. The summed E-state index contributed by atoms with van der Waals surface area (Å²) >= 11 is 0. The van der Waals surface area contributed by atoms with Crippen LogP contribution in [0.4, 0.5) is 0 Å². The Morgan fingerprint density at radius 3 is 2.27 bits per heavy atom. The van der Waals surface area contributed by atoms with Crippen molar-refractivity contribution in [2.24, 2.45) is 0 Å². The predicted octanol–water partition coefficient (Wildman–Crippen LogP) is 4.54. The second kappa shape index (κ2) is 8.50. The van der Waals surface area contributed by atoms with Gasteiger partial charge in [-0.15, -0.1) is 0 Å². The zero-order valence-electron chi connectivity index (χ0n) is 15.1. The summed E-state index contributed by atoms with van der Waals surface area (Å²) in [6.45, 7) is 3.31. The number of amides is 1. The maximum Gasteiger partial charge on any atom is 0.254 e. The zero-order valence-corrected chi connectivity index (χ0v) is 15.1. The third-order valence-corrected chi connectivity index (χ3v) is 4.23. The highest BCUT2D eigenvalue weighted by Gasteiger charge is 2.17. The van der Waals surface area contributed by atoms with Crippen molar-refractivity contribution in [1.29, 1.82) is 0 Å². The highest BCUT2D eigenvalue weighted by molar-refractivity contribution is 5.94. The summed E-state index contributed by atoms with van der Waals surface area (Å²) in [6, 6.07) is 21.6. The summed E-state index contributed by atoms with van der Waals surface area (Å²) in [7, 11) is 1.63. The molecule has 0 fully saturated rings. The average molecular weight is 349 g/mol. The standard InChI is InChI=1S/C22H23NO3/c1-17-8-13-21(26-17)16-23(14-15-25-2)22(24)20-11-9-19(10-12-20)18-6-4-3-5-7-18/h3-13H,14-16H2,1-2H3. The molecule has 0 unspecified atom stereocenters. The van der Waals surface area contributed by atoms with E-state index in [1.165, 1.54) is 0 Å². The maximum atomic E-state index is 12.9. The summed E-state index contributed by atoms with van der Waals surface area (Å²) < 4.78 is 10.8. The van der Waals surface area contributed by atoms with Gasteiger partial charge >= 0.3 is 0 Å². The number of rotatable bonds is 7. The number of carbonyl (C=O) groups is 1. The molecule has 2 aromatic carbocycles. The van der Waals surface area contributed by atoms with Crippen LogP contribution in [-0.4, -0.2) is 31.1 Å². The van der Waals surface area contributed by atoms with Gasteiger partial charge in [0.15, 0.2) is 0 Å². The molecule has 0 saturated heterocycles. The van der Waals surface area contributed by atoms with E-state index in [0.717, 1.165) is 22.6 Å². The van der Waals surface area contributed by atoms with Gasteiger partial charge in [-0.3, -0.25) is 4.79 Å². The van der Waals surface area contributed by atoms with E-state index in [0.29, 0.717) is 25.3 Å². The van der Waals surface area contributed by atoms with Crippen molar-refractivity contribution in [1.82, 2.24) is 4.90 Å². The lowest BCUT2D eigenvalue weighted by molar-refractivity contribution is 0.0666. The van der Waals surface area contributed by atoms with E-state index in [-0.39, 0.29) is 5.91 Å². The van der Waals surface area contributed by atoms with Gasteiger partial charge in [-0.2, -0.15) is 0 Å². The molecule has 4 nitrogen and oxygen atoms in total. The Kier molecular flexibility index (Phi) is 5.87. The first-order chi connectivity index (χ1) is 12.7. The lowest BCUT2D eigenvalue weighted by Crippen LogP contribution is -2.33. The summed E-state index contributed by atoms with van der Waals surface area (Å²) in [4.78, 5) is 14.7. The molecule has 0 atom stereocenters. The number of furan rings is 1. The molecule has 4 heteroatoms. The van der Waals surface area contributed by atoms with Crippen LogP contribution >= 0.6 is 0 Å². The third kappa shape index (κ3) is 4.41. The van der Waals surface area contributed by atoms with Crippen molar-refractivity contribution < 1.29 is 13.9 Å². The van der Waals surface area contributed by atoms with E-state index in [1.54, 1.807) is 12.0 Å². The largest absolute Gasteiger partial charge is 0.464 e. The third-order valence-electron chi connectivity index (χ3n) is 4.23. The quantitative estimate of drug-likeness (QED) is 0.629. The first kappa shape index (κ1) is 18.0. The van der Waals surface area contributed by atoms with Gasteiger partial charge in [0.25, 0.3) is 5.91 Å². The lowest BCUT2D eigenvalue weighted by atomic mass is 10.0. The SMILES string of the molecule is COCCN(Cc1ccc(C)o1)C(=O)c1ccc(-c2ccccc2)cc1. The van der Waals surface area contributed by atoms with Gasteiger partial charge in [-0.1, -0.05) is 42.5 Å². The fourth-order valence-electron chi connectivity index (χ4n) is 2.83. The minimum atomic E-state index is -0.0317.